The van der Waals surface area contributed by atoms with Gasteiger partial charge in [-0.05, 0) is 18.9 Å². The van der Waals surface area contributed by atoms with Crippen LogP contribution in [0, 0.1) is 12.8 Å². The van der Waals surface area contributed by atoms with Gasteiger partial charge in [0.2, 0.25) is 0 Å². The van der Waals surface area contributed by atoms with E-state index in [9.17, 15) is 18.0 Å². The first kappa shape index (κ1) is 16.0. The normalized spacial score (nSPS) is 13.1. The van der Waals surface area contributed by atoms with Gasteiger partial charge in [-0.1, -0.05) is 6.92 Å². The summed E-state index contributed by atoms with van der Waals surface area (Å²) in [4.78, 5) is 11.7. The van der Waals surface area contributed by atoms with Crippen molar-refractivity contribution in [2.75, 3.05) is 6.54 Å². The lowest BCUT2D eigenvalue weighted by Crippen LogP contribution is -2.31. The van der Waals surface area contributed by atoms with E-state index in [1.54, 1.807) is 6.92 Å². The lowest BCUT2D eigenvalue weighted by molar-refractivity contribution is -0.144. The zero-order valence-corrected chi connectivity index (χ0v) is 12.0. The number of aromatic amines is 1. The Hall–Kier alpha value is -2.39. The van der Waals surface area contributed by atoms with Crippen molar-refractivity contribution in [1.82, 2.24) is 30.5 Å². The zero-order valence-electron chi connectivity index (χ0n) is 12.0. The first-order valence-corrected chi connectivity index (χ1v) is 6.53. The molecule has 1 amide bonds. The average molecular weight is 316 g/mol. The number of rotatable bonds is 5. The van der Waals surface area contributed by atoms with Crippen LogP contribution in [0.1, 0.15) is 28.8 Å². The topological polar surface area (TPSA) is 88.5 Å². The summed E-state index contributed by atoms with van der Waals surface area (Å²) in [5.41, 5.74) is -0.371. The number of hydrogen-bond donors (Lipinski definition) is 2. The number of alkyl halides is 3. The minimum absolute atomic E-state index is 0.0434. The van der Waals surface area contributed by atoms with Gasteiger partial charge in [0.1, 0.15) is 5.69 Å². The second-order valence-electron chi connectivity index (χ2n) is 5.02. The number of hydrogen-bond acceptors (Lipinski definition) is 4. The summed E-state index contributed by atoms with van der Waals surface area (Å²) in [7, 11) is 0. The van der Waals surface area contributed by atoms with Gasteiger partial charge in [-0.15, -0.1) is 0 Å². The van der Waals surface area contributed by atoms with Crippen LogP contribution in [0.3, 0.4) is 0 Å². The Morgan fingerprint density at radius 3 is 2.82 bits per heavy atom. The highest BCUT2D eigenvalue weighted by Gasteiger charge is 2.35. The predicted octanol–water partition coefficient (Wildman–Crippen LogP) is 1.39. The summed E-state index contributed by atoms with van der Waals surface area (Å²) in [5, 5.41) is 15.9. The Balaban J connectivity index is 1.95. The standard InChI is InChI=1S/C12H15F3N6O/c1-7(4-16-11(22)9-5-17-20-18-9)6-21-10(12(13,14)15)3-8(2)19-21/h3,5,7H,4,6H2,1-2H3,(H,16,22)(H,17,18,20)/t7-/m1/s1. The molecule has 0 aliphatic carbocycles. The molecule has 0 aliphatic heterocycles. The number of carbonyl (C=O) groups is 1. The van der Waals surface area contributed by atoms with Crippen molar-refractivity contribution in [2.24, 2.45) is 5.92 Å². The molecule has 0 radical (unpaired) electrons. The number of nitrogens with one attached hydrogen (secondary N) is 2. The fourth-order valence-electron chi connectivity index (χ4n) is 1.94. The average Bonchev–Trinajstić information content (AvgIpc) is 3.04. The Labute approximate surface area is 123 Å². The molecule has 0 fully saturated rings. The Kier molecular flexibility index (Phi) is 4.48. The molecule has 1 atom stereocenters. The second kappa shape index (κ2) is 6.16. The number of nitrogens with zero attached hydrogens (tertiary/aromatic N) is 4. The van der Waals surface area contributed by atoms with Gasteiger partial charge in [-0.2, -0.15) is 33.7 Å². The van der Waals surface area contributed by atoms with Crippen LogP contribution in [0.25, 0.3) is 0 Å². The van der Waals surface area contributed by atoms with E-state index in [4.69, 9.17) is 0 Å². The Morgan fingerprint density at radius 2 is 2.23 bits per heavy atom. The van der Waals surface area contributed by atoms with Crippen molar-refractivity contribution in [3.8, 4) is 0 Å². The van der Waals surface area contributed by atoms with E-state index in [1.807, 2.05) is 0 Å². The Bertz CT molecular complexity index is 634. The van der Waals surface area contributed by atoms with Gasteiger partial charge in [0.15, 0.2) is 5.69 Å². The zero-order chi connectivity index (χ0) is 16.3. The van der Waals surface area contributed by atoms with Crippen molar-refractivity contribution in [3.05, 3.63) is 29.3 Å². The third-order valence-electron chi connectivity index (χ3n) is 2.94. The van der Waals surface area contributed by atoms with Gasteiger partial charge in [0.25, 0.3) is 5.91 Å². The van der Waals surface area contributed by atoms with Crippen LogP contribution in [0.4, 0.5) is 13.2 Å². The minimum atomic E-state index is -4.45. The molecule has 0 saturated heterocycles. The van der Waals surface area contributed by atoms with E-state index < -0.39 is 17.8 Å². The van der Waals surface area contributed by atoms with Crippen molar-refractivity contribution < 1.29 is 18.0 Å². The molecule has 10 heteroatoms. The molecule has 120 valence electrons. The van der Waals surface area contributed by atoms with Gasteiger partial charge in [0.05, 0.1) is 11.9 Å². The van der Waals surface area contributed by atoms with Crippen LogP contribution in [-0.4, -0.2) is 37.6 Å². The van der Waals surface area contributed by atoms with E-state index >= 15 is 0 Å². The van der Waals surface area contributed by atoms with Gasteiger partial charge < -0.3 is 5.32 Å². The van der Waals surface area contributed by atoms with Crippen LogP contribution >= 0.6 is 0 Å². The molecule has 2 rings (SSSR count). The van der Waals surface area contributed by atoms with Crippen molar-refractivity contribution in [3.63, 3.8) is 0 Å². The molecule has 0 spiro atoms. The molecule has 2 N–H and O–H groups in total. The molecule has 7 nitrogen and oxygen atoms in total. The minimum Gasteiger partial charge on any atom is -0.350 e. The summed E-state index contributed by atoms with van der Waals surface area (Å²) in [6.45, 7) is 3.46. The second-order valence-corrected chi connectivity index (χ2v) is 5.02. The monoisotopic (exact) mass is 316 g/mol. The van der Waals surface area contributed by atoms with E-state index in [2.05, 4.69) is 25.8 Å². The SMILES string of the molecule is Cc1cc(C(F)(F)F)n(C[C@H](C)CNC(=O)c2cn[nH]n2)n1. The number of aryl methyl sites for hydroxylation is 1. The predicted molar refractivity (Wildman–Crippen MR) is 69.8 cm³/mol. The molecule has 0 aromatic carbocycles. The quantitative estimate of drug-likeness (QED) is 0.872. The molecule has 0 aliphatic rings. The van der Waals surface area contributed by atoms with E-state index in [-0.39, 0.29) is 24.7 Å². The van der Waals surface area contributed by atoms with Crippen molar-refractivity contribution >= 4 is 5.91 Å². The molecule has 0 unspecified atom stereocenters. The van der Waals surface area contributed by atoms with Crippen LogP contribution in [0.15, 0.2) is 12.3 Å². The lowest BCUT2D eigenvalue weighted by Gasteiger charge is -2.15. The highest BCUT2D eigenvalue weighted by molar-refractivity contribution is 5.91. The molecule has 0 bridgehead atoms. The number of H-pyrrole nitrogens is 1. The third kappa shape index (κ3) is 3.83. The van der Waals surface area contributed by atoms with Crippen molar-refractivity contribution in [2.45, 2.75) is 26.6 Å². The maximum Gasteiger partial charge on any atom is 0.433 e. The summed E-state index contributed by atoms with van der Waals surface area (Å²) < 4.78 is 39.5. The fraction of sp³-hybridized carbons (Fsp3) is 0.500. The Morgan fingerprint density at radius 1 is 1.50 bits per heavy atom. The molecule has 2 aromatic heterocycles. The number of carbonyl (C=O) groups excluding carboxylic acids is 1. The molecular formula is C12H15F3N6O. The van der Waals surface area contributed by atoms with E-state index in [1.165, 1.54) is 13.1 Å². The summed E-state index contributed by atoms with van der Waals surface area (Å²) in [6, 6.07) is 1.00. The molecule has 22 heavy (non-hydrogen) atoms. The van der Waals surface area contributed by atoms with Crippen LogP contribution < -0.4 is 5.32 Å². The molecule has 2 aromatic rings. The van der Waals surface area contributed by atoms with Crippen LogP contribution in [-0.2, 0) is 12.7 Å². The molecule has 2 heterocycles. The summed E-state index contributed by atoms with van der Waals surface area (Å²) >= 11 is 0. The van der Waals surface area contributed by atoms with E-state index in [0.717, 1.165) is 10.7 Å². The molecular weight excluding hydrogens is 301 g/mol. The van der Waals surface area contributed by atoms with E-state index in [0.29, 0.717) is 5.69 Å². The lowest BCUT2D eigenvalue weighted by atomic mass is 10.2. The first-order valence-electron chi connectivity index (χ1n) is 6.53. The summed E-state index contributed by atoms with van der Waals surface area (Å²) in [5.74, 6) is -0.676. The third-order valence-corrected chi connectivity index (χ3v) is 2.94. The molecule has 0 saturated carbocycles. The summed E-state index contributed by atoms with van der Waals surface area (Å²) in [6.07, 6.45) is -3.19. The van der Waals surface area contributed by atoms with Crippen molar-refractivity contribution in [1.29, 1.82) is 0 Å². The van der Waals surface area contributed by atoms with Gasteiger partial charge in [-0.25, -0.2) is 0 Å². The highest BCUT2D eigenvalue weighted by atomic mass is 19.4. The maximum atomic E-state index is 12.9. The van der Waals surface area contributed by atoms with Crippen LogP contribution in [0.2, 0.25) is 0 Å². The maximum absolute atomic E-state index is 12.9. The smallest absolute Gasteiger partial charge is 0.350 e. The number of amides is 1. The largest absolute Gasteiger partial charge is 0.433 e. The van der Waals surface area contributed by atoms with Crippen LogP contribution in [0.5, 0.6) is 0 Å². The van der Waals surface area contributed by atoms with Gasteiger partial charge in [-0.3, -0.25) is 9.48 Å². The van der Waals surface area contributed by atoms with Gasteiger partial charge in [0, 0.05) is 13.1 Å². The first-order chi connectivity index (χ1) is 10.3. The number of halogens is 3. The fourth-order valence-corrected chi connectivity index (χ4v) is 1.94. The number of aromatic nitrogens is 5. The highest BCUT2D eigenvalue weighted by Crippen LogP contribution is 2.30. The van der Waals surface area contributed by atoms with Gasteiger partial charge >= 0.3 is 6.18 Å².